The van der Waals surface area contributed by atoms with Crippen molar-refractivity contribution in [2.75, 3.05) is 0 Å². The fourth-order valence-electron chi connectivity index (χ4n) is 2.32. The molecule has 0 saturated heterocycles. The van der Waals surface area contributed by atoms with E-state index in [1.54, 1.807) is 48.8 Å². The summed E-state index contributed by atoms with van der Waals surface area (Å²) in [5.41, 5.74) is 2.70. The summed E-state index contributed by atoms with van der Waals surface area (Å²) in [6.07, 6.45) is 5.06. The summed E-state index contributed by atoms with van der Waals surface area (Å²) < 4.78 is 0. The Hall–Kier alpha value is -2.88. The Kier molecular flexibility index (Phi) is 3.28. The second-order valence-electron chi connectivity index (χ2n) is 4.85. The maximum Gasteiger partial charge on any atom is 0.167 e. The molecule has 2 aromatic rings. The van der Waals surface area contributed by atoms with Gasteiger partial charge in [-0.2, -0.15) is 0 Å². The van der Waals surface area contributed by atoms with Gasteiger partial charge in [0.2, 0.25) is 0 Å². The summed E-state index contributed by atoms with van der Waals surface area (Å²) in [6.45, 7) is 0. The number of phenolic OH excluding ortho intramolecular Hbond substituents is 2. The van der Waals surface area contributed by atoms with Crippen LogP contribution in [-0.4, -0.2) is 22.2 Å². The van der Waals surface area contributed by atoms with Crippen LogP contribution in [0, 0.1) is 0 Å². The molecule has 0 saturated carbocycles. The predicted molar refractivity (Wildman–Crippen MR) is 80.9 cm³/mol. The number of aromatic hydroxyl groups is 2. The third kappa shape index (κ3) is 2.69. The van der Waals surface area contributed by atoms with Crippen molar-refractivity contribution in [3.8, 4) is 11.5 Å². The molecule has 4 heteroatoms. The van der Waals surface area contributed by atoms with Gasteiger partial charge >= 0.3 is 0 Å². The summed E-state index contributed by atoms with van der Waals surface area (Å²) >= 11 is 0. The quantitative estimate of drug-likeness (QED) is 0.779. The maximum absolute atomic E-state index is 12.5. The highest BCUT2D eigenvalue weighted by atomic mass is 16.3. The average molecular weight is 279 g/mol. The zero-order valence-corrected chi connectivity index (χ0v) is 11.2. The molecule has 2 aromatic carbocycles. The van der Waals surface area contributed by atoms with E-state index in [9.17, 15) is 15.0 Å². The molecule has 0 radical (unpaired) electrons. The number of hydrogen-bond donors (Lipinski definition) is 2. The number of fused-ring (bicyclic) bond motifs is 2. The maximum atomic E-state index is 12.5. The van der Waals surface area contributed by atoms with Gasteiger partial charge in [0.25, 0.3) is 0 Å². The SMILES string of the molecule is O=C1Cc2ccc(O)cc2C=NC=Cc2cc(O)ccc21. The van der Waals surface area contributed by atoms with Crippen LogP contribution in [0.4, 0.5) is 0 Å². The van der Waals surface area contributed by atoms with E-state index in [4.69, 9.17) is 0 Å². The highest BCUT2D eigenvalue weighted by Crippen LogP contribution is 2.23. The van der Waals surface area contributed by atoms with Gasteiger partial charge in [-0.05, 0) is 47.5 Å². The van der Waals surface area contributed by atoms with Gasteiger partial charge in [0.05, 0.1) is 0 Å². The monoisotopic (exact) mass is 279 g/mol. The number of carbonyl (C=O) groups excluding carboxylic acids is 1. The molecular weight excluding hydrogens is 266 g/mol. The third-order valence-electron chi connectivity index (χ3n) is 3.37. The topological polar surface area (TPSA) is 69.9 Å². The predicted octanol–water partition coefficient (Wildman–Crippen LogP) is 2.93. The summed E-state index contributed by atoms with van der Waals surface area (Å²) in [4.78, 5) is 16.6. The van der Waals surface area contributed by atoms with Gasteiger partial charge in [0.1, 0.15) is 11.5 Å². The first-order valence-corrected chi connectivity index (χ1v) is 6.51. The van der Waals surface area contributed by atoms with Crippen molar-refractivity contribution in [3.05, 3.63) is 64.9 Å². The Morgan fingerprint density at radius 2 is 1.67 bits per heavy atom. The normalized spacial score (nSPS) is 13.6. The largest absolute Gasteiger partial charge is 0.508 e. The Balaban J connectivity index is 2.13. The smallest absolute Gasteiger partial charge is 0.167 e. The molecule has 0 bridgehead atoms. The van der Waals surface area contributed by atoms with E-state index in [1.807, 2.05) is 0 Å². The standard InChI is InChI=1S/C17H13NO3/c19-14-2-1-11-9-17(21)16-4-3-15(20)7-12(16)5-6-18-10-13(11)8-14/h1-8,10,19-20H,9H2. The van der Waals surface area contributed by atoms with Gasteiger partial charge < -0.3 is 10.2 Å². The zero-order chi connectivity index (χ0) is 14.8. The highest BCUT2D eigenvalue weighted by Gasteiger charge is 2.14. The molecule has 104 valence electrons. The molecule has 1 aliphatic rings. The molecule has 21 heavy (non-hydrogen) atoms. The minimum Gasteiger partial charge on any atom is -0.508 e. The van der Waals surface area contributed by atoms with Crippen LogP contribution in [0.15, 0.2) is 47.6 Å². The number of carbonyl (C=O) groups is 1. The lowest BCUT2D eigenvalue weighted by molar-refractivity contribution is 0.0992. The molecule has 0 unspecified atom stereocenters. The van der Waals surface area contributed by atoms with Crippen LogP contribution in [0.25, 0.3) is 6.08 Å². The number of ketones is 1. The fourth-order valence-corrected chi connectivity index (χ4v) is 2.32. The van der Waals surface area contributed by atoms with E-state index in [-0.39, 0.29) is 23.7 Å². The molecule has 3 rings (SSSR count). The molecule has 0 aliphatic carbocycles. The van der Waals surface area contributed by atoms with Crippen molar-refractivity contribution < 1.29 is 15.0 Å². The number of benzene rings is 2. The van der Waals surface area contributed by atoms with E-state index in [0.717, 1.165) is 11.1 Å². The van der Waals surface area contributed by atoms with Crippen LogP contribution >= 0.6 is 0 Å². The minimum absolute atomic E-state index is 0.0445. The average Bonchev–Trinajstić information content (AvgIpc) is 2.45. The zero-order valence-electron chi connectivity index (χ0n) is 11.2. The third-order valence-corrected chi connectivity index (χ3v) is 3.37. The minimum atomic E-state index is -0.0445. The molecule has 1 heterocycles. The molecule has 0 amide bonds. The molecule has 4 nitrogen and oxygen atoms in total. The van der Waals surface area contributed by atoms with Crippen molar-refractivity contribution in [1.82, 2.24) is 0 Å². The van der Waals surface area contributed by atoms with Gasteiger partial charge in [-0.1, -0.05) is 6.07 Å². The first kappa shape index (κ1) is 13.1. The van der Waals surface area contributed by atoms with Crippen molar-refractivity contribution in [3.63, 3.8) is 0 Å². The van der Waals surface area contributed by atoms with Crippen molar-refractivity contribution in [2.24, 2.45) is 4.99 Å². The van der Waals surface area contributed by atoms with Crippen LogP contribution in [0.5, 0.6) is 11.5 Å². The Morgan fingerprint density at radius 1 is 0.952 bits per heavy atom. The van der Waals surface area contributed by atoms with Crippen molar-refractivity contribution in [1.29, 1.82) is 0 Å². The number of nitrogens with zero attached hydrogens (tertiary/aromatic N) is 1. The summed E-state index contributed by atoms with van der Waals surface area (Å²) in [5, 5.41) is 19.1. The molecule has 0 aromatic heterocycles. The molecule has 1 aliphatic heterocycles. The molecule has 0 fully saturated rings. The van der Waals surface area contributed by atoms with E-state index in [0.29, 0.717) is 11.1 Å². The molecule has 2 N–H and O–H groups in total. The van der Waals surface area contributed by atoms with Gasteiger partial charge in [-0.25, -0.2) is 0 Å². The Bertz CT molecular complexity index is 776. The van der Waals surface area contributed by atoms with Crippen LogP contribution in [0.3, 0.4) is 0 Å². The molecule has 0 atom stereocenters. The Labute approximate surface area is 121 Å². The van der Waals surface area contributed by atoms with E-state index >= 15 is 0 Å². The number of phenols is 2. The van der Waals surface area contributed by atoms with Crippen LogP contribution in [0.2, 0.25) is 0 Å². The lowest BCUT2D eigenvalue weighted by Crippen LogP contribution is -2.08. The van der Waals surface area contributed by atoms with Crippen molar-refractivity contribution in [2.45, 2.75) is 6.42 Å². The molecular formula is C17H13NO3. The van der Waals surface area contributed by atoms with Crippen LogP contribution < -0.4 is 0 Å². The van der Waals surface area contributed by atoms with Gasteiger partial charge in [-0.3, -0.25) is 9.79 Å². The summed E-state index contributed by atoms with van der Waals surface area (Å²) in [5.74, 6) is 0.202. The number of rotatable bonds is 0. The lowest BCUT2D eigenvalue weighted by atomic mass is 9.95. The first-order valence-electron chi connectivity index (χ1n) is 6.51. The second-order valence-corrected chi connectivity index (χ2v) is 4.85. The van der Waals surface area contributed by atoms with Gasteiger partial charge in [0, 0.05) is 30.0 Å². The van der Waals surface area contributed by atoms with Gasteiger partial charge in [-0.15, -0.1) is 0 Å². The molecule has 0 spiro atoms. The summed E-state index contributed by atoms with van der Waals surface area (Å²) in [7, 11) is 0. The van der Waals surface area contributed by atoms with Crippen LogP contribution in [0.1, 0.15) is 27.0 Å². The van der Waals surface area contributed by atoms with E-state index in [1.165, 1.54) is 6.07 Å². The van der Waals surface area contributed by atoms with Gasteiger partial charge in [0.15, 0.2) is 5.78 Å². The van der Waals surface area contributed by atoms with E-state index in [2.05, 4.69) is 4.99 Å². The highest BCUT2D eigenvalue weighted by molar-refractivity contribution is 6.02. The number of aliphatic imine (C=N–C) groups is 1. The van der Waals surface area contributed by atoms with Crippen LogP contribution in [-0.2, 0) is 6.42 Å². The lowest BCUT2D eigenvalue weighted by Gasteiger charge is -2.10. The summed E-state index contributed by atoms with van der Waals surface area (Å²) in [6, 6.07) is 9.51. The number of Topliss-reactive ketones (excluding diaryl/α,β-unsaturated/α-hetero) is 1. The van der Waals surface area contributed by atoms with Crippen molar-refractivity contribution >= 4 is 18.1 Å². The second kappa shape index (κ2) is 5.25. The van der Waals surface area contributed by atoms with E-state index < -0.39 is 0 Å². The fraction of sp³-hybridized carbons (Fsp3) is 0.0588. The Morgan fingerprint density at radius 3 is 2.48 bits per heavy atom. The first-order chi connectivity index (χ1) is 10.1. The number of hydrogen-bond acceptors (Lipinski definition) is 4.